The Bertz CT molecular complexity index is 426. The highest BCUT2D eigenvalue weighted by molar-refractivity contribution is 9.10. The standard InChI is InChI=1S/C10H9BrN2O/c1-14-10-4-7(11)2-3-8(10)9-5-12-6-13-9/h2-6H,1H3,(H,12,13). The van der Waals surface area contributed by atoms with E-state index in [9.17, 15) is 0 Å². The first kappa shape index (κ1) is 9.27. The van der Waals surface area contributed by atoms with Crippen LogP contribution in [0.15, 0.2) is 35.2 Å². The molecular formula is C10H9BrN2O. The molecule has 2 rings (SSSR count). The molecule has 0 amide bonds. The van der Waals surface area contributed by atoms with Crippen molar-refractivity contribution in [3.8, 4) is 17.0 Å². The van der Waals surface area contributed by atoms with Gasteiger partial charge >= 0.3 is 0 Å². The number of rotatable bonds is 2. The van der Waals surface area contributed by atoms with Gasteiger partial charge in [-0.15, -0.1) is 0 Å². The van der Waals surface area contributed by atoms with Gasteiger partial charge in [0, 0.05) is 10.0 Å². The molecule has 1 aromatic heterocycles. The average molecular weight is 253 g/mol. The maximum absolute atomic E-state index is 5.27. The van der Waals surface area contributed by atoms with E-state index in [1.54, 1.807) is 19.6 Å². The Morgan fingerprint density at radius 3 is 2.93 bits per heavy atom. The minimum absolute atomic E-state index is 0.823. The fraction of sp³-hybridized carbons (Fsp3) is 0.100. The van der Waals surface area contributed by atoms with Crippen molar-refractivity contribution in [2.45, 2.75) is 0 Å². The molecule has 2 aromatic rings. The fourth-order valence-corrected chi connectivity index (χ4v) is 1.63. The van der Waals surface area contributed by atoms with Crippen LogP contribution in [0, 0.1) is 0 Å². The molecule has 0 radical (unpaired) electrons. The summed E-state index contributed by atoms with van der Waals surface area (Å²) >= 11 is 3.39. The van der Waals surface area contributed by atoms with Crippen LogP contribution in [-0.4, -0.2) is 17.1 Å². The largest absolute Gasteiger partial charge is 0.496 e. The minimum atomic E-state index is 0.823. The highest BCUT2D eigenvalue weighted by Gasteiger charge is 2.06. The Morgan fingerprint density at radius 2 is 2.29 bits per heavy atom. The number of benzene rings is 1. The third-order valence-corrected chi connectivity index (χ3v) is 2.45. The molecule has 4 heteroatoms. The summed E-state index contributed by atoms with van der Waals surface area (Å²) in [5.41, 5.74) is 1.96. The van der Waals surface area contributed by atoms with Crippen molar-refractivity contribution in [1.82, 2.24) is 9.97 Å². The van der Waals surface area contributed by atoms with Crippen LogP contribution in [0.3, 0.4) is 0 Å². The van der Waals surface area contributed by atoms with Crippen molar-refractivity contribution in [3.05, 3.63) is 35.2 Å². The maximum Gasteiger partial charge on any atom is 0.129 e. The van der Waals surface area contributed by atoms with Gasteiger partial charge in [-0.2, -0.15) is 0 Å². The van der Waals surface area contributed by atoms with E-state index in [4.69, 9.17) is 4.74 Å². The molecule has 1 aromatic carbocycles. The summed E-state index contributed by atoms with van der Waals surface area (Å²) in [6, 6.07) is 5.88. The molecule has 0 saturated heterocycles. The zero-order valence-corrected chi connectivity index (χ0v) is 9.21. The SMILES string of the molecule is COc1cc(Br)ccc1-c1cnc[nH]1. The van der Waals surface area contributed by atoms with Crippen molar-refractivity contribution < 1.29 is 4.74 Å². The number of hydrogen-bond donors (Lipinski definition) is 1. The van der Waals surface area contributed by atoms with Crippen molar-refractivity contribution in [2.75, 3.05) is 7.11 Å². The van der Waals surface area contributed by atoms with Gasteiger partial charge < -0.3 is 9.72 Å². The minimum Gasteiger partial charge on any atom is -0.496 e. The van der Waals surface area contributed by atoms with Gasteiger partial charge in [0.1, 0.15) is 5.75 Å². The molecule has 0 bridgehead atoms. The van der Waals surface area contributed by atoms with E-state index >= 15 is 0 Å². The Balaban J connectivity index is 2.53. The summed E-state index contributed by atoms with van der Waals surface area (Å²) < 4.78 is 6.27. The van der Waals surface area contributed by atoms with Gasteiger partial charge in [0.2, 0.25) is 0 Å². The molecule has 1 heterocycles. The number of H-pyrrole nitrogens is 1. The van der Waals surface area contributed by atoms with Crippen LogP contribution < -0.4 is 4.74 Å². The summed E-state index contributed by atoms with van der Waals surface area (Å²) in [6.45, 7) is 0. The molecular weight excluding hydrogens is 244 g/mol. The zero-order valence-electron chi connectivity index (χ0n) is 7.62. The summed E-state index contributed by atoms with van der Waals surface area (Å²) in [7, 11) is 1.65. The molecule has 1 N–H and O–H groups in total. The first-order chi connectivity index (χ1) is 6.81. The molecule has 0 saturated carbocycles. The molecule has 14 heavy (non-hydrogen) atoms. The molecule has 72 valence electrons. The number of halogens is 1. The van der Waals surface area contributed by atoms with Gasteiger partial charge in [0.15, 0.2) is 0 Å². The second-order valence-electron chi connectivity index (χ2n) is 2.81. The van der Waals surface area contributed by atoms with E-state index in [1.807, 2.05) is 18.2 Å². The second kappa shape index (κ2) is 3.84. The smallest absolute Gasteiger partial charge is 0.129 e. The van der Waals surface area contributed by atoms with Crippen molar-refractivity contribution >= 4 is 15.9 Å². The first-order valence-electron chi connectivity index (χ1n) is 4.13. The molecule has 0 atom stereocenters. The lowest BCUT2D eigenvalue weighted by Gasteiger charge is -2.06. The number of ether oxygens (including phenoxy) is 1. The van der Waals surface area contributed by atoms with E-state index in [0.29, 0.717) is 0 Å². The number of aromatic amines is 1. The fourth-order valence-electron chi connectivity index (χ4n) is 1.29. The van der Waals surface area contributed by atoms with Gasteiger partial charge in [-0.05, 0) is 18.2 Å². The third-order valence-electron chi connectivity index (χ3n) is 1.95. The van der Waals surface area contributed by atoms with Crippen LogP contribution in [0.5, 0.6) is 5.75 Å². The predicted octanol–water partition coefficient (Wildman–Crippen LogP) is 2.85. The van der Waals surface area contributed by atoms with E-state index in [1.165, 1.54) is 0 Å². The van der Waals surface area contributed by atoms with Crippen LogP contribution in [0.25, 0.3) is 11.3 Å². The van der Waals surface area contributed by atoms with Crippen LogP contribution >= 0.6 is 15.9 Å². The van der Waals surface area contributed by atoms with Gasteiger partial charge in [-0.25, -0.2) is 4.98 Å². The van der Waals surface area contributed by atoms with E-state index in [0.717, 1.165) is 21.5 Å². The number of nitrogens with zero attached hydrogens (tertiary/aromatic N) is 1. The van der Waals surface area contributed by atoms with Gasteiger partial charge in [0.25, 0.3) is 0 Å². The van der Waals surface area contributed by atoms with Gasteiger partial charge in [-0.3, -0.25) is 0 Å². The highest BCUT2D eigenvalue weighted by atomic mass is 79.9. The van der Waals surface area contributed by atoms with E-state index < -0.39 is 0 Å². The summed E-state index contributed by atoms with van der Waals surface area (Å²) in [5, 5.41) is 0. The normalized spacial score (nSPS) is 10.1. The van der Waals surface area contributed by atoms with E-state index in [2.05, 4.69) is 25.9 Å². The second-order valence-corrected chi connectivity index (χ2v) is 3.73. The monoisotopic (exact) mass is 252 g/mol. The van der Waals surface area contributed by atoms with Crippen molar-refractivity contribution in [1.29, 1.82) is 0 Å². The first-order valence-corrected chi connectivity index (χ1v) is 4.93. The Morgan fingerprint density at radius 1 is 1.43 bits per heavy atom. The Kier molecular flexibility index (Phi) is 2.54. The third kappa shape index (κ3) is 1.65. The summed E-state index contributed by atoms with van der Waals surface area (Å²) in [6.07, 6.45) is 3.42. The summed E-state index contributed by atoms with van der Waals surface area (Å²) in [5.74, 6) is 0.823. The molecule has 0 spiro atoms. The van der Waals surface area contributed by atoms with Gasteiger partial charge in [-0.1, -0.05) is 15.9 Å². The van der Waals surface area contributed by atoms with Crippen LogP contribution in [0.2, 0.25) is 0 Å². The molecule has 0 fully saturated rings. The zero-order chi connectivity index (χ0) is 9.97. The maximum atomic E-state index is 5.27. The van der Waals surface area contributed by atoms with Crippen molar-refractivity contribution in [2.24, 2.45) is 0 Å². The van der Waals surface area contributed by atoms with Gasteiger partial charge in [0.05, 0.1) is 25.3 Å². The lowest BCUT2D eigenvalue weighted by molar-refractivity contribution is 0.416. The molecule has 0 unspecified atom stereocenters. The number of hydrogen-bond acceptors (Lipinski definition) is 2. The summed E-state index contributed by atoms with van der Waals surface area (Å²) in [4.78, 5) is 7.01. The van der Waals surface area contributed by atoms with Crippen molar-refractivity contribution in [3.63, 3.8) is 0 Å². The van der Waals surface area contributed by atoms with Crippen LogP contribution in [-0.2, 0) is 0 Å². The molecule has 0 aliphatic heterocycles. The molecule has 0 aliphatic carbocycles. The van der Waals surface area contributed by atoms with Crippen LogP contribution in [0.4, 0.5) is 0 Å². The lowest BCUT2D eigenvalue weighted by Crippen LogP contribution is -1.87. The Hall–Kier alpha value is -1.29. The predicted molar refractivity (Wildman–Crippen MR) is 58.3 cm³/mol. The number of aromatic nitrogens is 2. The number of imidazole rings is 1. The average Bonchev–Trinajstić information content (AvgIpc) is 2.70. The van der Waals surface area contributed by atoms with E-state index in [-0.39, 0.29) is 0 Å². The molecule has 3 nitrogen and oxygen atoms in total. The number of nitrogens with one attached hydrogen (secondary N) is 1. The lowest BCUT2D eigenvalue weighted by atomic mass is 10.1. The quantitative estimate of drug-likeness (QED) is 0.893. The highest BCUT2D eigenvalue weighted by Crippen LogP contribution is 2.30. The van der Waals surface area contributed by atoms with Crippen LogP contribution in [0.1, 0.15) is 0 Å². The Labute approximate surface area is 90.3 Å². The number of methoxy groups -OCH3 is 1. The topological polar surface area (TPSA) is 37.9 Å². The molecule has 0 aliphatic rings.